The van der Waals surface area contributed by atoms with E-state index in [9.17, 15) is 23.9 Å². The maximum atomic E-state index is 13.1. The van der Waals surface area contributed by atoms with Gasteiger partial charge in [0.25, 0.3) is 18.7 Å². The van der Waals surface area contributed by atoms with Gasteiger partial charge in [0.2, 0.25) is 17.9 Å². The molecule has 2 aliphatic heterocycles. The molecule has 2 amide bonds. The SMILES string of the molecule is CNCCn1cnc2c1ccc[n+]2CC1=C(C(=O)[O-])N2C(=O)C(NC(=O)/C(=N\OCF)c3nsc(N)n3)C2SC1. The number of carbonyl (C=O) groups is 3. The Labute approximate surface area is 234 Å². The van der Waals surface area contributed by atoms with E-state index in [0.29, 0.717) is 17.8 Å². The third-order valence-electron chi connectivity index (χ3n) is 6.21. The fourth-order valence-electron chi connectivity index (χ4n) is 4.43. The summed E-state index contributed by atoms with van der Waals surface area (Å²) in [5, 5.41) is 20.5. The summed E-state index contributed by atoms with van der Waals surface area (Å²) in [7, 11) is 1.86. The number of carboxylic acids is 1. The molecular formula is C22H23FN10O5S2. The van der Waals surface area contributed by atoms with Crippen molar-refractivity contribution in [3.63, 3.8) is 0 Å². The van der Waals surface area contributed by atoms with Crippen molar-refractivity contribution in [3.8, 4) is 0 Å². The topological polar surface area (TPSA) is 197 Å². The molecule has 0 saturated carbocycles. The minimum absolute atomic E-state index is 0.0408. The quantitative estimate of drug-likeness (QED) is 0.0942. The molecule has 0 radical (unpaired) electrons. The van der Waals surface area contributed by atoms with Crippen LogP contribution in [0.1, 0.15) is 5.82 Å². The molecule has 40 heavy (non-hydrogen) atoms. The predicted molar refractivity (Wildman–Crippen MR) is 139 cm³/mol. The number of β-lactam (4-membered cyclic amide) rings is 1. The first-order chi connectivity index (χ1) is 19.3. The molecule has 2 aliphatic rings. The Bertz CT molecular complexity index is 1540. The van der Waals surface area contributed by atoms with E-state index in [1.54, 1.807) is 12.5 Å². The lowest BCUT2D eigenvalue weighted by atomic mass is 10.0. The summed E-state index contributed by atoms with van der Waals surface area (Å²) in [6.45, 7) is 0.306. The zero-order valence-corrected chi connectivity index (χ0v) is 22.6. The minimum Gasteiger partial charge on any atom is -0.543 e. The highest BCUT2D eigenvalue weighted by molar-refractivity contribution is 8.00. The van der Waals surface area contributed by atoms with Crippen LogP contribution in [0.2, 0.25) is 0 Å². The number of hydrogen-bond acceptors (Lipinski definition) is 13. The first-order valence-corrected chi connectivity index (χ1v) is 13.7. The van der Waals surface area contributed by atoms with Crippen LogP contribution in [0.25, 0.3) is 11.2 Å². The number of anilines is 1. The second kappa shape index (κ2) is 11.5. The Balaban J connectivity index is 1.36. The van der Waals surface area contributed by atoms with Crippen molar-refractivity contribution in [2.24, 2.45) is 5.16 Å². The van der Waals surface area contributed by atoms with Crippen molar-refractivity contribution >= 4 is 63.1 Å². The van der Waals surface area contributed by atoms with E-state index in [2.05, 4.69) is 35.0 Å². The van der Waals surface area contributed by atoms with Crippen LogP contribution < -0.4 is 26.0 Å². The van der Waals surface area contributed by atoms with Crippen molar-refractivity contribution in [1.82, 2.24) is 34.4 Å². The molecule has 210 valence electrons. The van der Waals surface area contributed by atoms with Gasteiger partial charge in [-0.1, -0.05) is 5.16 Å². The summed E-state index contributed by atoms with van der Waals surface area (Å²) in [5.41, 5.74) is 6.83. The van der Waals surface area contributed by atoms with E-state index in [1.807, 2.05) is 28.3 Å². The van der Waals surface area contributed by atoms with Crippen LogP contribution in [0, 0.1) is 0 Å². The molecule has 3 aromatic heterocycles. The molecule has 18 heteroatoms. The fourth-order valence-corrected chi connectivity index (χ4v) is 6.20. The van der Waals surface area contributed by atoms with Gasteiger partial charge in [-0.3, -0.25) is 14.5 Å². The highest BCUT2D eigenvalue weighted by atomic mass is 32.2. The maximum Gasteiger partial charge on any atom is 0.349 e. The average molecular weight is 591 g/mol. The van der Waals surface area contributed by atoms with Crippen LogP contribution in [0.15, 0.2) is 41.1 Å². The van der Waals surface area contributed by atoms with E-state index in [0.717, 1.165) is 28.5 Å². The molecule has 1 saturated heterocycles. The third-order valence-corrected chi connectivity index (χ3v) is 8.10. The number of nitrogens with zero attached hydrogens (tertiary/aromatic N) is 7. The zero-order valence-electron chi connectivity index (χ0n) is 20.9. The van der Waals surface area contributed by atoms with Gasteiger partial charge in [0.15, 0.2) is 5.13 Å². The molecule has 5 heterocycles. The summed E-state index contributed by atoms with van der Waals surface area (Å²) in [4.78, 5) is 52.0. The smallest absolute Gasteiger partial charge is 0.349 e. The number of rotatable bonds is 11. The third kappa shape index (κ3) is 5.07. The Hall–Kier alpha value is -4.16. The number of hydrogen-bond donors (Lipinski definition) is 3. The number of aliphatic carboxylic acids is 1. The number of halogens is 1. The highest BCUT2D eigenvalue weighted by Gasteiger charge is 2.53. The van der Waals surface area contributed by atoms with Gasteiger partial charge in [-0.25, -0.2) is 8.96 Å². The zero-order chi connectivity index (χ0) is 28.4. The number of nitrogens with one attached hydrogen (secondary N) is 2. The molecule has 3 aromatic rings. The fraction of sp³-hybridized carbons (Fsp3) is 0.364. The summed E-state index contributed by atoms with van der Waals surface area (Å²) in [5.74, 6) is -3.02. The van der Waals surface area contributed by atoms with Gasteiger partial charge in [-0.2, -0.15) is 9.36 Å². The lowest BCUT2D eigenvalue weighted by molar-refractivity contribution is -0.664. The van der Waals surface area contributed by atoms with Gasteiger partial charge in [0.05, 0.1) is 17.9 Å². The van der Waals surface area contributed by atoms with Gasteiger partial charge in [0.1, 0.15) is 23.5 Å². The van der Waals surface area contributed by atoms with Gasteiger partial charge in [-0.05, 0) is 24.2 Å². The van der Waals surface area contributed by atoms with E-state index in [-0.39, 0.29) is 29.0 Å². The van der Waals surface area contributed by atoms with Gasteiger partial charge >= 0.3 is 5.65 Å². The monoisotopic (exact) mass is 590 g/mol. The van der Waals surface area contributed by atoms with Crippen molar-refractivity contribution in [2.75, 3.05) is 31.9 Å². The van der Waals surface area contributed by atoms with Gasteiger partial charge in [-0.15, -0.1) is 11.8 Å². The molecule has 0 spiro atoms. The van der Waals surface area contributed by atoms with E-state index < -0.39 is 41.8 Å². The molecule has 0 aromatic carbocycles. The van der Waals surface area contributed by atoms with Crippen LogP contribution in [0.4, 0.5) is 9.52 Å². The standard InChI is InChI=1S/C22H23FN10O5S2/c1-25-4-6-32-10-26-17-12(32)3-2-5-31(17)7-11-8-39-20-14(19(35)33(20)15(11)21(36)37)27-18(34)13(29-38-9-23)16-28-22(24)40-30-16/h2-3,5,10,14,20,25H,4,6-9H2,1H3,(H3-,24,27,28,30,34,36,37)/b29-13-. The number of carboxylic acid groups (broad SMARTS) is 1. The highest BCUT2D eigenvalue weighted by Crippen LogP contribution is 2.40. The summed E-state index contributed by atoms with van der Waals surface area (Å²) in [6, 6.07) is 2.68. The lowest BCUT2D eigenvalue weighted by Gasteiger charge is -2.50. The predicted octanol–water partition coefficient (Wildman–Crippen LogP) is -2.27. The molecule has 15 nitrogen and oxygen atoms in total. The number of alkyl halides is 1. The number of amides is 2. The Morgan fingerprint density at radius 3 is 2.95 bits per heavy atom. The van der Waals surface area contributed by atoms with Crippen LogP contribution in [-0.4, -0.2) is 84.9 Å². The Morgan fingerprint density at radius 2 is 2.25 bits per heavy atom. The normalized spacial score (nSPS) is 19.0. The summed E-state index contributed by atoms with van der Waals surface area (Å²) >= 11 is 2.07. The molecular weight excluding hydrogens is 567 g/mol. The second-order valence-electron chi connectivity index (χ2n) is 8.62. The number of imidazole rings is 1. The molecule has 0 bridgehead atoms. The number of carbonyl (C=O) groups excluding carboxylic acids is 3. The van der Waals surface area contributed by atoms with Crippen LogP contribution in [0.5, 0.6) is 0 Å². The second-order valence-corrected chi connectivity index (χ2v) is 10.5. The minimum atomic E-state index is -1.51. The van der Waals surface area contributed by atoms with Crippen LogP contribution >= 0.6 is 23.3 Å². The summed E-state index contributed by atoms with van der Waals surface area (Å²) < 4.78 is 20.2. The number of thioether (sulfide) groups is 1. The van der Waals surface area contributed by atoms with E-state index >= 15 is 0 Å². The average Bonchev–Trinajstić information content (AvgIpc) is 3.56. The Kier molecular flexibility index (Phi) is 7.90. The number of aromatic nitrogens is 5. The van der Waals surface area contributed by atoms with Gasteiger partial charge < -0.3 is 35.7 Å². The van der Waals surface area contributed by atoms with Gasteiger partial charge in [0, 0.05) is 35.9 Å². The first kappa shape index (κ1) is 27.4. The number of fused-ring (bicyclic) bond motifs is 2. The number of nitrogen functional groups attached to an aromatic ring is 1. The largest absolute Gasteiger partial charge is 0.543 e. The molecule has 2 atom stereocenters. The first-order valence-electron chi connectivity index (χ1n) is 11.9. The molecule has 2 unspecified atom stereocenters. The number of nitrogens with two attached hydrogens (primary N) is 1. The number of pyridine rings is 1. The van der Waals surface area contributed by atoms with Crippen molar-refractivity contribution < 1.29 is 33.3 Å². The Morgan fingerprint density at radius 1 is 1.43 bits per heavy atom. The van der Waals surface area contributed by atoms with Crippen LogP contribution in [0.3, 0.4) is 0 Å². The van der Waals surface area contributed by atoms with E-state index in [1.165, 1.54) is 11.8 Å². The molecule has 1 fully saturated rings. The molecule has 4 N–H and O–H groups in total. The van der Waals surface area contributed by atoms with Crippen molar-refractivity contribution in [1.29, 1.82) is 0 Å². The maximum absolute atomic E-state index is 13.1. The van der Waals surface area contributed by atoms with Crippen molar-refractivity contribution in [3.05, 3.63) is 41.8 Å². The lowest BCUT2D eigenvalue weighted by Crippen LogP contribution is -2.71. The number of oxime groups is 1. The van der Waals surface area contributed by atoms with E-state index in [4.69, 9.17) is 5.73 Å². The van der Waals surface area contributed by atoms with Crippen molar-refractivity contribution in [2.45, 2.75) is 24.5 Å². The molecule has 5 rings (SSSR count). The number of likely N-dealkylation sites (N-methyl/N-ethyl adjacent to an activating group) is 1. The van der Waals surface area contributed by atoms with Crippen LogP contribution in [-0.2, 0) is 32.3 Å². The molecule has 0 aliphatic carbocycles. The summed E-state index contributed by atoms with van der Waals surface area (Å²) in [6.07, 6.45) is 3.51.